The van der Waals surface area contributed by atoms with Crippen molar-refractivity contribution >= 4 is 17.5 Å². The Kier molecular flexibility index (Phi) is 4.25. The van der Waals surface area contributed by atoms with Crippen LogP contribution in [-0.4, -0.2) is 35.6 Å². The van der Waals surface area contributed by atoms with Crippen LogP contribution in [0.15, 0.2) is 18.2 Å². The third-order valence-corrected chi connectivity index (χ3v) is 3.81. The van der Waals surface area contributed by atoms with Gasteiger partial charge < -0.3 is 10.0 Å². The van der Waals surface area contributed by atoms with Gasteiger partial charge in [0.15, 0.2) is 0 Å². The second-order valence-electron chi connectivity index (χ2n) is 4.88. The summed E-state index contributed by atoms with van der Waals surface area (Å²) in [4.78, 5) is 14.2. The summed E-state index contributed by atoms with van der Waals surface area (Å²) >= 11 is 5.89. The molecule has 0 bridgehead atoms. The minimum Gasteiger partial charge on any atom is -0.396 e. The number of carbonyl (C=O) groups excluding carboxylic acids is 1. The van der Waals surface area contributed by atoms with Crippen LogP contribution in [0.4, 0.5) is 0 Å². The maximum Gasteiger partial charge on any atom is 0.254 e. The molecule has 0 unspecified atom stereocenters. The van der Waals surface area contributed by atoms with E-state index in [-0.39, 0.29) is 12.5 Å². The van der Waals surface area contributed by atoms with Gasteiger partial charge in [0.25, 0.3) is 5.91 Å². The molecule has 0 aromatic heterocycles. The average Bonchev–Trinajstić information content (AvgIpc) is 2.38. The minimum atomic E-state index is 0.0700. The van der Waals surface area contributed by atoms with Gasteiger partial charge in [0.05, 0.1) is 0 Å². The van der Waals surface area contributed by atoms with E-state index in [0.29, 0.717) is 10.9 Å². The molecule has 1 heterocycles. The molecule has 0 spiro atoms. The summed E-state index contributed by atoms with van der Waals surface area (Å²) in [6, 6.07) is 5.36. The Labute approximate surface area is 112 Å². The van der Waals surface area contributed by atoms with Gasteiger partial charge in [-0.05, 0) is 49.4 Å². The molecule has 1 aromatic rings. The molecule has 1 aromatic carbocycles. The highest BCUT2D eigenvalue weighted by Crippen LogP contribution is 2.21. The Hall–Kier alpha value is -1.06. The Morgan fingerprint density at radius 3 is 2.67 bits per heavy atom. The van der Waals surface area contributed by atoms with Crippen LogP contribution in [0.5, 0.6) is 0 Å². The van der Waals surface area contributed by atoms with Gasteiger partial charge in [0.1, 0.15) is 0 Å². The quantitative estimate of drug-likeness (QED) is 0.894. The molecular formula is C14H18ClNO2. The molecule has 3 nitrogen and oxygen atoms in total. The molecule has 1 aliphatic heterocycles. The first-order valence-corrected chi connectivity index (χ1v) is 6.66. The van der Waals surface area contributed by atoms with E-state index in [4.69, 9.17) is 16.7 Å². The van der Waals surface area contributed by atoms with Crippen molar-refractivity contribution in [3.05, 3.63) is 34.3 Å². The molecule has 2 rings (SSSR count). The topological polar surface area (TPSA) is 40.5 Å². The summed E-state index contributed by atoms with van der Waals surface area (Å²) in [6.45, 7) is 3.58. The second kappa shape index (κ2) is 5.72. The highest BCUT2D eigenvalue weighted by Gasteiger charge is 2.23. The van der Waals surface area contributed by atoms with Crippen LogP contribution in [0.1, 0.15) is 28.8 Å². The first-order chi connectivity index (χ1) is 8.61. The zero-order valence-corrected chi connectivity index (χ0v) is 11.3. The summed E-state index contributed by atoms with van der Waals surface area (Å²) in [7, 11) is 0. The van der Waals surface area contributed by atoms with E-state index in [2.05, 4.69) is 0 Å². The first-order valence-electron chi connectivity index (χ1n) is 6.28. The largest absolute Gasteiger partial charge is 0.396 e. The molecule has 0 aliphatic carbocycles. The molecule has 98 valence electrons. The van der Waals surface area contributed by atoms with E-state index in [1.807, 2.05) is 17.9 Å². The number of aliphatic hydroxyl groups is 1. The minimum absolute atomic E-state index is 0.0700. The van der Waals surface area contributed by atoms with Gasteiger partial charge >= 0.3 is 0 Å². The number of nitrogens with zero attached hydrogens (tertiary/aromatic N) is 1. The van der Waals surface area contributed by atoms with Crippen LogP contribution in [0.2, 0.25) is 5.02 Å². The van der Waals surface area contributed by atoms with Crippen molar-refractivity contribution in [2.45, 2.75) is 19.8 Å². The summed E-state index contributed by atoms with van der Waals surface area (Å²) < 4.78 is 0. The normalized spacial score (nSPS) is 16.9. The number of rotatable bonds is 2. The van der Waals surface area contributed by atoms with E-state index in [1.165, 1.54) is 0 Å². The highest BCUT2D eigenvalue weighted by molar-refractivity contribution is 6.30. The predicted molar refractivity (Wildman–Crippen MR) is 71.9 cm³/mol. The van der Waals surface area contributed by atoms with Crippen molar-refractivity contribution < 1.29 is 9.90 Å². The summed E-state index contributed by atoms with van der Waals surface area (Å²) in [5.74, 6) is 0.418. The Morgan fingerprint density at radius 1 is 1.44 bits per heavy atom. The standard InChI is InChI=1S/C14H18ClNO2/c1-10-8-12(15)2-3-13(10)14(18)16-6-4-11(9-17)5-7-16/h2-3,8,11,17H,4-7,9H2,1H3. The van der Waals surface area contributed by atoms with E-state index >= 15 is 0 Å². The van der Waals surface area contributed by atoms with Crippen molar-refractivity contribution in [3.63, 3.8) is 0 Å². The van der Waals surface area contributed by atoms with Crippen LogP contribution >= 0.6 is 11.6 Å². The van der Waals surface area contributed by atoms with E-state index < -0.39 is 0 Å². The van der Waals surface area contributed by atoms with E-state index in [9.17, 15) is 4.79 Å². The van der Waals surface area contributed by atoms with Crippen molar-refractivity contribution in [1.29, 1.82) is 0 Å². The lowest BCUT2D eigenvalue weighted by Crippen LogP contribution is -2.39. The number of carbonyl (C=O) groups is 1. The maximum absolute atomic E-state index is 12.3. The molecule has 4 heteroatoms. The fourth-order valence-electron chi connectivity index (χ4n) is 2.36. The smallest absolute Gasteiger partial charge is 0.254 e. The zero-order valence-electron chi connectivity index (χ0n) is 10.5. The van der Waals surface area contributed by atoms with Crippen LogP contribution in [0, 0.1) is 12.8 Å². The number of aliphatic hydroxyl groups excluding tert-OH is 1. The predicted octanol–water partition coefficient (Wildman–Crippen LogP) is 2.49. The second-order valence-corrected chi connectivity index (χ2v) is 5.31. The lowest BCUT2D eigenvalue weighted by Gasteiger charge is -2.31. The molecule has 18 heavy (non-hydrogen) atoms. The van der Waals surface area contributed by atoms with Crippen molar-refractivity contribution in [2.24, 2.45) is 5.92 Å². The molecule has 0 atom stereocenters. The molecule has 1 aliphatic rings. The Balaban J connectivity index is 2.08. The van der Waals surface area contributed by atoms with Crippen LogP contribution in [0.3, 0.4) is 0 Å². The average molecular weight is 268 g/mol. The molecule has 1 fully saturated rings. The third kappa shape index (κ3) is 2.85. The number of hydrogen-bond acceptors (Lipinski definition) is 2. The number of likely N-dealkylation sites (tertiary alicyclic amines) is 1. The van der Waals surface area contributed by atoms with Crippen LogP contribution in [0.25, 0.3) is 0 Å². The number of hydrogen-bond donors (Lipinski definition) is 1. The summed E-state index contributed by atoms with van der Waals surface area (Å²) in [5, 5.41) is 9.75. The van der Waals surface area contributed by atoms with Gasteiger partial charge in [0.2, 0.25) is 0 Å². The number of piperidine rings is 1. The van der Waals surface area contributed by atoms with Gasteiger partial charge in [-0.15, -0.1) is 0 Å². The van der Waals surface area contributed by atoms with Gasteiger partial charge in [-0.1, -0.05) is 11.6 Å². The highest BCUT2D eigenvalue weighted by atomic mass is 35.5. The van der Waals surface area contributed by atoms with Crippen LogP contribution < -0.4 is 0 Å². The Bertz CT molecular complexity index is 439. The number of halogens is 1. The fraction of sp³-hybridized carbons (Fsp3) is 0.500. The third-order valence-electron chi connectivity index (χ3n) is 3.58. The van der Waals surface area contributed by atoms with Gasteiger partial charge in [-0.3, -0.25) is 4.79 Å². The van der Waals surface area contributed by atoms with Crippen molar-refractivity contribution in [2.75, 3.05) is 19.7 Å². The van der Waals surface area contributed by atoms with Crippen LogP contribution in [-0.2, 0) is 0 Å². The lowest BCUT2D eigenvalue weighted by atomic mass is 9.97. The van der Waals surface area contributed by atoms with Crippen molar-refractivity contribution in [3.8, 4) is 0 Å². The van der Waals surface area contributed by atoms with Crippen molar-refractivity contribution in [1.82, 2.24) is 4.90 Å². The summed E-state index contributed by atoms with van der Waals surface area (Å²) in [6.07, 6.45) is 1.77. The molecule has 1 N–H and O–H groups in total. The maximum atomic E-state index is 12.3. The van der Waals surface area contributed by atoms with E-state index in [1.54, 1.807) is 12.1 Å². The zero-order chi connectivity index (χ0) is 13.1. The van der Waals surface area contributed by atoms with E-state index in [0.717, 1.165) is 37.1 Å². The lowest BCUT2D eigenvalue weighted by molar-refractivity contribution is 0.0650. The molecule has 1 amide bonds. The molecule has 0 radical (unpaired) electrons. The Morgan fingerprint density at radius 2 is 2.11 bits per heavy atom. The SMILES string of the molecule is Cc1cc(Cl)ccc1C(=O)N1CCC(CO)CC1. The first kappa shape index (κ1) is 13.4. The number of amides is 1. The van der Waals surface area contributed by atoms with Gasteiger partial charge in [0, 0.05) is 30.3 Å². The molecule has 0 saturated carbocycles. The monoisotopic (exact) mass is 267 g/mol. The van der Waals surface area contributed by atoms with Gasteiger partial charge in [-0.2, -0.15) is 0 Å². The summed E-state index contributed by atoms with van der Waals surface area (Å²) in [5.41, 5.74) is 1.64. The fourth-order valence-corrected chi connectivity index (χ4v) is 2.58. The van der Waals surface area contributed by atoms with Gasteiger partial charge in [-0.25, -0.2) is 0 Å². The number of aryl methyl sites for hydroxylation is 1. The molecular weight excluding hydrogens is 250 g/mol. The number of benzene rings is 1. The molecule has 1 saturated heterocycles.